The molecule has 0 aliphatic heterocycles. The van der Waals surface area contributed by atoms with Crippen molar-refractivity contribution in [1.29, 1.82) is 0 Å². The molecule has 0 bridgehead atoms. The highest BCUT2D eigenvalue weighted by Crippen LogP contribution is 2.23. The maximum Gasteiger partial charge on any atom is 0.256 e. The highest BCUT2D eigenvalue weighted by Gasteiger charge is 2.18. The fraction of sp³-hybridized carbons (Fsp3) is 0.333. The molecule has 1 aromatic heterocycles. The Kier molecular flexibility index (Phi) is 5.36. The first-order valence-electron chi connectivity index (χ1n) is 6.78. The Hall–Kier alpha value is -1.85. The second kappa shape index (κ2) is 7.24. The molecular weight excluding hydrogens is 292 g/mol. The summed E-state index contributed by atoms with van der Waals surface area (Å²) in [7, 11) is 0. The predicted molar refractivity (Wildman–Crippen MR) is 80.2 cm³/mol. The maximum absolute atomic E-state index is 12.1. The Balaban J connectivity index is 2.09. The van der Waals surface area contributed by atoms with E-state index >= 15 is 0 Å². The molecule has 2 N–H and O–H groups in total. The van der Waals surface area contributed by atoms with E-state index in [0.717, 1.165) is 12.0 Å². The van der Waals surface area contributed by atoms with Crippen LogP contribution in [0.25, 0.3) is 11.3 Å². The molecule has 1 heterocycles. The quantitative estimate of drug-likeness (QED) is 0.860. The molecule has 0 radical (unpaired) electrons. The largest absolute Gasteiger partial charge is 0.391 e. The van der Waals surface area contributed by atoms with Gasteiger partial charge in [-0.1, -0.05) is 42.2 Å². The van der Waals surface area contributed by atoms with Crippen LogP contribution in [0, 0.1) is 0 Å². The van der Waals surface area contributed by atoms with Gasteiger partial charge in [0.15, 0.2) is 0 Å². The number of nitrogens with zero attached hydrogens (tertiary/aromatic N) is 1. The van der Waals surface area contributed by atoms with Crippen molar-refractivity contribution >= 4 is 17.5 Å². The van der Waals surface area contributed by atoms with Gasteiger partial charge in [0.2, 0.25) is 0 Å². The lowest BCUT2D eigenvalue weighted by atomic mass is 10.1. The van der Waals surface area contributed by atoms with Crippen LogP contribution in [-0.4, -0.2) is 28.8 Å². The first-order chi connectivity index (χ1) is 10.1. The number of nitrogens with one attached hydrogen (secondary N) is 1. The Labute approximate surface area is 127 Å². The molecule has 1 unspecified atom stereocenters. The van der Waals surface area contributed by atoms with Crippen molar-refractivity contribution in [1.82, 2.24) is 10.5 Å². The van der Waals surface area contributed by atoms with E-state index in [4.69, 9.17) is 16.1 Å². The molecule has 21 heavy (non-hydrogen) atoms. The van der Waals surface area contributed by atoms with E-state index in [2.05, 4.69) is 10.5 Å². The molecule has 0 spiro atoms. The van der Waals surface area contributed by atoms with E-state index in [9.17, 15) is 9.90 Å². The molecule has 0 fully saturated rings. The van der Waals surface area contributed by atoms with E-state index in [1.54, 1.807) is 24.3 Å². The standard InChI is InChI=1S/C15H17ClN2O3/c1-2-3-12(19)8-17-15(20)13-9-21-18-14(13)10-4-6-11(16)7-5-10/h4-7,9,12,19H,2-3,8H2,1H3,(H,17,20). The summed E-state index contributed by atoms with van der Waals surface area (Å²) in [4.78, 5) is 12.1. The minimum atomic E-state index is -0.544. The number of aromatic nitrogens is 1. The Morgan fingerprint density at radius 3 is 2.81 bits per heavy atom. The summed E-state index contributed by atoms with van der Waals surface area (Å²) in [6, 6.07) is 6.97. The summed E-state index contributed by atoms with van der Waals surface area (Å²) in [5.74, 6) is -0.323. The van der Waals surface area contributed by atoms with Gasteiger partial charge >= 0.3 is 0 Å². The number of aliphatic hydroxyl groups is 1. The van der Waals surface area contributed by atoms with Crippen LogP contribution in [0.3, 0.4) is 0 Å². The number of halogens is 1. The van der Waals surface area contributed by atoms with Gasteiger partial charge in [-0.25, -0.2) is 0 Å². The summed E-state index contributed by atoms with van der Waals surface area (Å²) in [5, 5.41) is 16.8. The SMILES string of the molecule is CCCC(O)CNC(=O)c1conc1-c1ccc(Cl)cc1. The van der Waals surface area contributed by atoms with Gasteiger partial charge in [0, 0.05) is 17.1 Å². The third-order valence-electron chi connectivity index (χ3n) is 3.05. The zero-order valence-electron chi connectivity index (χ0n) is 11.7. The normalized spacial score (nSPS) is 12.1. The molecule has 2 rings (SSSR count). The lowest BCUT2D eigenvalue weighted by Crippen LogP contribution is -2.32. The molecule has 2 aromatic rings. The number of hydrogen-bond acceptors (Lipinski definition) is 4. The fourth-order valence-corrected chi connectivity index (χ4v) is 2.08. The van der Waals surface area contributed by atoms with E-state index in [-0.39, 0.29) is 12.5 Å². The summed E-state index contributed by atoms with van der Waals surface area (Å²) in [6.07, 6.45) is 2.26. The zero-order valence-corrected chi connectivity index (χ0v) is 12.4. The third kappa shape index (κ3) is 4.06. The number of carbonyl (C=O) groups excluding carboxylic acids is 1. The number of amides is 1. The first kappa shape index (κ1) is 15.5. The molecule has 0 saturated heterocycles. The highest BCUT2D eigenvalue weighted by atomic mass is 35.5. The van der Waals surface area contributed by atoms with Gasteiger partial charge < -0.3 is 14.9 Å². The van der Waals surface area contributed by atoms with Crippen LogP contribution in [0.1, 0.15) is 30.1 Å². The minimum absolute atomic E-state index is 0.206. The molecule has 5 nitrogen and oxygen atoms in total. The first-order valence-corrected chi connectivity index (χ1v) is 7.16. The average molecular weight is 309 g/mol. The van der Waals surface area contributed by atoms with Crippen LogP contribution in [-0.2, 0) is 0 Å². The number of carbonyl (C=O) groups is 1. The van der Waals surface area contributed by atoms with E-state index in [1.807, 2.05) is 6.92 Å². The van der Waals surface area contributed by atoms with Crippen molar-refractivity contribution in [2.24, 2.45) is 0 Å². The smallest absolute Gasteiger partial charge is 0.256 e. The van der Waals surface area contributed by atoms with Gasteiger partial charge in [-0.15, -0.1) is 0 Å². The summed E-state index contributed by atoms with van der Waals surface area (Å²) in [5.41, 5.74) is 1.53. The van der Waals surface area contributed by atoms with Crippen LogP contribution >= 0.6 is 11.6 Å². The molecule has 0 saturated carbocycles. The van der Waals surface area contributed by atoms with Crippen molar-refractivity contribution in [3.05, 3.63) is 41.1 Å². The predicted octanol–water partition coefficient (Wildman–Crippen LogP) is 2.89. The Bertz CT molecular complexity index is 595. The number of hydrogen-bond donors (Lipinski definition) is 2. The molecule has 6 heteroatoms. The second-order valence-corrected chi connectivity index (χ2v) is 5.17. The van der Waals surface area contributed by atoms with Crippen LogP contribution in [0.15, 0.2) is 35.1 Å². The van der Waals surface area contributed by atoms with Crippen molar-refractivity contribution in [2.45, 2.75) is 25.9 Å². The van der Waals surface area contributed by atoms with Crippen LogP contribution < -0.4 is 5.32 Å². The fourth-order valence-electron chi connectivity index (χ4n) is 1.95. The van der Waals surface area contributed by atoms with Crippen molar-refractivity contribution < 1.29 is 14.4 Å². The van der Waals surface area contributed by atoms with E-state index in [1.165, 1.54) is 6.26 Å². The molecule has 112 valence electrons. The van der Waals surface area contributed by atoms with Crippen molar-refractivity contribution in [2.75, 3.05) is 6.54 Å². The lowest BCUT2D eigenvalue weighted by molar-refractivity contribution is 0.0910. The van der Waals surface area contributed by atoms with Crippen molar-refractivity contribution in [3.8, 4) is 11.3 Å². The van der Waals surface area contributed by atoms with Crippen LogP contribution in [0.2, 0.25) is 5.02 Å². The summed E-state index contributed by atoms with van der Waals surface area (Å²) < 4.78 is 4.90. The van der Waals surface area contributed by atoms with Gasteiger partial charge in [-0.2, -0.15) is 0 Å². The Morgan fingerprint density at radius 2 is 2.14 bits per heavy atom. The van der Waals surface area contributed by atoms with Gasteiger partial charge in [0.1, 0.15) is 17.5 Å². The molecular formula is C15H17ClN2O3. The maximum atomic E-state index is 12.1. The van der Waals surface area contributed by atoms with Gasteiger partial charge in [0.25, 0.3) is 5.91 Å². The number of rotatable bonds is 6. The summed E-state index contributed by atoms with van der Waals surface area (Å²) >= 11 is 5.84. The van der Waals surface area contributed by atoms with Crippen LogP contribution in [0.4, 0.5) is 0 Å². The third-order valence-corrected chi connectivity index (χ3v) is 3.30. The van der Waals surface area contributed by atoms with E-state index < -0.39 is 6.10 Å². The van der Waals surface area contributed by atoms with Gasteiger partial charge in [0.05, 0.1) is 6.10 Å². The molecule has 1 amide bonds. The topological polar surface area (TPSA) is 75.4 Å². The van der Waals surface area contributed by atoms with Gasteiger partial charge in [-0.05, 0) is 18.6 Å². The number of benzene rings is 1. The lowest BCUT2D eigenvalue weighted by Gasteiger charge is -2.10. The molecule has 0 aliphatic carbocycles. The average Bonchev–Trinajstić information content (AvgIpc) is 2.95. The monoisotopic (exact) mass is 308 g/mol. The van der Waals surface area contributed by atoms with Crippen LogP contribution in [0.5, 0.6) is 0 Å². The summed E-state index contributed by atoms with van der Waals surface area (Å²) in [6.45, 7) is 2.18. The highest BCUT2D eigenvalue weighted by molar-refractivity contribution is 6.30. The molecule has 0 aliphatic rings. The number of aliphatic hydroxyl groups excluding tert-OH is 1. The molecule has 1 atom stereocenters. The van der Waals surface area contributed by atoms with E-state index in [0.29, 0.717) is 22.7 Å². The minimum Gasteiger partial charge on any atom is -0.391 e. The Morgan fingerprint density at radius 1 is 1.43 bits per heavy atom. The second-order valence-electron chi connectivity index (χ2n) is 4.74. The van der Waals surface area contributed by atoms with Gasteiger partial charge in [-0.3, -0.25) is 4.79 Å². The zero-order chi connectivity index (χ0) is 15.2. The molecule has 1 aromatic carbocycles. The van der Waals surface area contributed by atoms with Crippen molar-refractivity contribution in [3.63, 3.8) is 0 Å².